The third-order valence-electron chi connectivity index (χ3n) is 2.25. The summed E-state index contributed by atoms with van der Waals surface area (Å²) in [5, 5.41) is 22.4. The molecule has 0 saturated heterocycles. The van der Waals surface area contributed by atoms with E-state index in [0.29, 0.717) is 11.5 Å². The van der Waals surface area contributed by atoms with Crippen LogP contribution in [-0.4, -0.2) is 44.8 Å². The lowest BCUT2D eigenvalue weighted by molar-refractivity contribution is -0.146. The number of aromatic nitrogens is 2. The van der Waals surface area contributed by atoms with Crippen LogP contribution in [0.25, 0.3) is 0 Å². The van der Waals surface area contributed by atoms with Gasteiger partial charge >= 0.3 is 12.0 Å². The Balaban J connectivity index is 2.23. The topological polar surface area (TPSA) is 124 Å². The molecule has 0 aliphatic carbocycles. The zero-order valence-corrected chi connectivity index (χ0v) is 10.5. The second-order valence-corrected chi connectivity index (χ2v) is 3.85. The quantitative estimate of drug-likeness (QED) is 0.547. The van der Waals surface area contributed by atoms with Gasteiger partial charge < -0.3 is 20.8 Å². The van der Waals surface area contributed by atoms with E-state index < -0.39 is 18.1 Å². The number of aryl methyl sites for hydroxylation is 1. The average Bonchev–Trinajstić information content (AvgIpc) is 2.36. The van der Waals surface area contributed by atoms with Crippen molar-refractivity contribution in [3.63, 3.8) is 0 Å². The second kappa shape index (κ2) is 7.27. The van der Waals surface area contributed by atoms with Gasteiger partial charge in [-0.05, 0) is 13.0 Å². The molecule has 8 nitrogen and oxygen atoms in total. The molecule has 0 aromatic carbocycles. The molecule has 0 saturated carbocycles. The molecular formula is C11H16N4O4. The van der Waals surface area contributed by atoms with Crippen molar-refractivity contribution in [3.8, 4) is 0 Å². The van der Waals surface area contributed by atoms with Crippen molar-refractivity contribution in [2.45, 2.75) is 26.0 Å². The van der Waals surface area contributed by atoms with Gasteiger partial charge in [-0.2, -0.15) is 0 Å². The molecule has 1 heterocycles. The van der Waals surface area contributed by atoms with E-state index in [1.807, 2.05) is 0 Å². The highest BCUT2D eigenvalue weighted by Gasteiger charge is 2.12. The number of carboxylic acid groups (broad SMARTS) is 1. The van der Waals surface area contributed by atoms with Crippen LogP contribution >= 0.6 is 0 Å². The van der Waals surface area contributed by atoms with Crippen molar-refractivity contribution in [3.05, 3.63) is 23.8 Å². The van der Waals surface area contributed by atoms with E-state index >= 15 is 0 Å². The van der Waals surface area contributed by atoms with Gasteiger partial charge in [-0.15, -0.1) is 0 Å². The van der Waals surface area contributed by atoms with Gasteiger partial charge in [-0.25, -0.2) is 19.6 Å². The maximum Gasteiger partial charge on any atom is 0.332 e. The van der Waals surface area contributed by atoms with Gasteiger partial charge in [0.25, 0.3) is 0 Å². The molecule has 8 heteroatoms. The van der Waals surface area contributed by atoms with Gasteiger partial charge in [-0.1, -0.05) is 0 Å². The molecule has 0 aliphatic rings. The number of carboxylic acids is 1. The fourth-order valence-corrected chi connectivity index (χ4v) is 1.28. The second-order valence-electron chi connectivity index (χ2n) is 3.85. The predicted octanol–water partition coefficient (Wildman–Crippen LogP) is -0.580. The summed E-state index contributed by atoms with van der Waals surface area (Å²) in [5.74, 6) is -0.692. The summed E-state index contributed by atoms with van der Waals surface area (Å²) < 4.78 is 0. The van der Waals surface area contributed by atoms with Crippen LogP contribution in [0.5, 0.6) is 0 Å². The largest absolute Gasteiger partial charge is 0.479 e. The van der Waals surface area contributed by atoms with Gasteiger partial charge in [0, 0.05) is 19.2 Å². The minimum Gasteiger partial charge on any atom is -0.479 e. The summed E-state index contributed by atoms with van der Waals surface area (Å²) in [6, 6.07) is 1.23. The molecule has 1 unspecified atom stereocenters. The molecule has 0 spiro atoms. The Morgan fingerprint density at radius 2 is 2.16 bits per heavy atom. The highest BCUT2D eigenvalue weighted by atomic mass is 16.4. The molecular weight excluding hydrogens is 252 g/mol. The van der Waals surface area contributed by atoms with Crippen LogP contribution in [0, 0.1) is 6.92 Å². The summed E-state index contributed by atoms with van der Waals surface area (Å²) in [7, 11) is 0. The van der Waals surface area contributed by atoms with E-state index in [4.69, 9.17) is 10.2 Å². The van der Waals surface area contributed by atoms with Crippen molar-refractivity contribution < 1.29 is 19.8 Å². The number of nitrogens with zero attached hydrogens (tertiary/aromatic N) is 2. The zero-order chi connectivity index (χ0) is 14.3. The van der Waals surface area contributed by atoms with Crippen LogP contribution in [0.2, 0.25) is 0 Å². The molecule has 0 aliphatic heterocycles. The third kappa shape index (κ3) is 5.77. The lowest BCUT2D eigenvalue weighted by atomic mass is 10.2. The number of urea groups is 1. The lowest BCUT2D eigenvalue weighted by Gasteiger charge is -2.08. The summed E-state index contributed by atoms with van der Waals surface area (Å²) in [6.45, 7) is 2.07. The number of aliphatic hydroxyl groups excluding tert-OH is 1. The number of nitrogens with one attached hydrogen (secondary N) is 2. The lowest BCUT2D eigenvalue weighted by Crippen LogP contribution is -2.37. The van der Waals surface area contributed by atoms with Gasteiger partial charge in [0.2, 0.25) is 0 Å². The first-order chi connectivity index (χ1) is 8.99. The van der Waals surface area contributed by atoms with E-state index in [9.17, 15) is 9.59 Å². The van der Waals surface area contributed by atoms with Crippen molar-refractivity contribution in [1.82, 2.24) is 20.6 Å². The van der Waals surface area contributed by atoms with Crippen molar-refractivity contribution in [2.75, 3.05) is 6.54 Å². The minimum absolute atomic E-state index is 0.0463. The van der Waals surface area contributed by atoms with Crippen molar-refractivity contribution in [2.24, 2.45) is 0 Å². The van der Waals surface area contributed by atoms with Gasteiger partial charge in [0.15, 0.2) is 6.10 Å². The Kier molecular flexibility index (Phi) is 5.68. The minimum atomic E-state index is -1.47. The molecule has 2 amide bonds. The molecule has 4 N–H and O–H groups in total. The highest BCUT2D eigenvalue weighted by molar-refractivity contribution is 5.74. The van der Waals surface area contributed by atoms with Crippen molar-refractivity contribution in [1.29, 1.82) is 0 Å². The first-order valence-corrected chi connectivity index (χ1v) is 5.70. The Bertz CT molecular complexity index is 452. The summed E-state index contributed by atoms with van der Waals surface area (Å²) in [5.41, 5.74) is 0.674. The SMILES string of the molecule is Cc1nccc(CNC(=O)NCCC(O)C(=O)O)n1. The van der Waals surface area contributed by atoms with Crippen LogP contribution in [0.15, 0.2) is 12.3 Å². The van der Waals surface area contributed by atoms with Crippen molar-refractivity contribution >= 4 is 12.0 Å². The zero-order valence-electron chi connectivity index (χ0n) is 10.5. The molecule has 1 rings (SSSR count). The normalized spacial score (nSPS) is 11.7. The molecule has 1 aromatic heterocycles. The number of carbonyl (C=O) groups is 2. The number of amides is 2. The predicted molar refractivity (Wildman–Crippen MR) is 65.3 cm³/mol. The van der Waals surface area contributed by atoms with E-state index in [2.05, 4.69) is 20.6 Å². The smallest absolute Gasteiger partial charge is 0.332 e. The number of hydrogen-bond acceptors (Lipinski definition) is 5. The van der Waals surface area contributed by atoms with Crippen LogP contribution < -0.4 is 10.6 Å². The number of aliphatic hydroxyl groups is 1. The van der Waals surface area contributed by atoms with Gasteiger partial charge in [0.1, 0.15) is 5.82 Å². The molecule has 0 fully saturated rings. The number of rotatable bonds is 6. The first-order valence-electron chi connectivity index (χ1n) is 5.70. The highest BCUT2D eigenvalue weighted by Crippen LogP contribution is 1.94. The van der Waals surface area contributed by atoms with E-state index in [1.165, 1.54) is 0 Å². The molecule has 19 heavy (non-hydrogen) atoms. The molecule has 1 aromatic rings. The van der Waals surface area contributed by atoms with Crippen LogP contribution in [0.1, 0.15) is 17.9 Å². The standard InChI is InChI=1S/C11H16N4O4/c1-7-12-4-2-8(15-7)6-14-11(19)13-5-3-9(16)10(17)18/h2,4,9,16H,3,5-6H2,1H3,(H,17,18)(H2,13,14,19). The van der Waals surface area contributed by atoms with Crippen LogP contribution in [0.4, 0.5) is 4.79 Å². The van der Waals surface area contributed by atoms with Crippen LogP contribution in [0.3, 0.4) is 0 Å². The van der Waals surface area contributed by atoms with Crippen LogP contribution in [-0.2, 0) is 11.3 Å². The fraction of sp³-hybridized carbons (Fsp3) is 0.455. The first kappa shape index (κ1) is 14.8. The number of aliphatic carboxylic acids is 1. The maximum absolute atomic E-state index is 11.4. The molecule has 1 atom stereocenters. The van der Waals surface area contributed by atoms with Gasteiger partial charge in [0.05, 0.1) is 12.2 Å². The maximum atomic E-state index is 11.4. The molecule has 0 radical (unpaired) electrons. The third-order valence-corrected chi connectivity index (χ3v) is 2.25. The Labute approximate surface area is 109 Å². The number of hydrogen-bond donors (Lipinski definition) is 4. The Hall–Kier alpha value is -2.22. The van der Waals surface area contributed by atoms with E-state index in [0.717, 1.165) is 0 Å². The summed E-state index contributed by atoms with van der Waals surface area (Å²) in [4.78, 5) is 29.7. The van der Waals surface area contributed by atoms with E-state index in [1.54, 1.807) is 19.2 Å². The molecule has 104 valence electrons. The van der Waals surface area contributed by atoms with Gasteiger partial charge in [-0.3, -0.25) is 0 Å². The monoisotopic (exact) mass is 268 g/mol. The molecule has 0 bridgehead atoms. The Morgan fingerprint density at radius 1 is 1.42 bits per heavy atom. The number of carbonyl (C=O) groups excluding carboxylic acids is 1. The summed E-state index contributed by atoms with van der Waals surface area (Å²) in [6.07, 6.45) is 0.0837. The fourth-order valence-electron chi connectivity index (χ4n) is 1.28. The Morgan fingerprint density at radius 3 is 2.79 bits per heavy atom. The summed E-state index contributed by atoms with van der Waals surface area (Å²) >= 11 is 0. The average molecular weight is 268 g/mol. The van der Waals surface area contributed by atoms with E-state index in [-0.39, 0.29) is 19.5 Å².